The summed E-state index contributed by atoms with van der Waals surface area (Å²) < 4.78 is 1.11. The van der Waals surface area contributed by atoms with Gasteiger partial charge in [0.25, 0.3) is 0 Å². The van der Waals surface area contributed by atoms with Gasteiger partial charge in [0.15, 0.2) is 0 Å². The Labute approximate surface area is 188 Å². The maximum absolute atomic E-state index is 12.7. The first-order valence-electron chi connectivity index (χ1n) is 11.2. The monoisotopic (exact) mass is 469 g/mol. The van der Waals surface area contributed by atoms with E-state index in [1.165, 1.54) is 42.6 Å². The van der Waals surface area contributed by atoms with Crippen molar-refractivity contribution in [1.29, 1.82) is 0 Å². The summed E-state index contributed by atoms with van der Waals surface area (Å²) >= 11 is 3.49. The second-order valence-corrected chi connectivity index (χ2v) is 9.61. The van der Waals surface area contributed by atoms with Gasteiger partial charge in [-0.05, 0) is 80.7 Å². The summed E-state index contributed by atoms with van der Waals surface area (Å²) in [4.78, 5) is 17.7. The van der Waals surface area contributed by atoms with E-state index in [1.54, 1.807) is 0 Å². The number of likely N-dealkylation sites (tertiary alicyclic amines) is 2. The number of carbonyl (C=O) groups is 1. The van der Waals surface area contributed by atoms with Crippen LogP contribution in [0.25, 0.3) is 0 Å². The number of piperidine rings is 1. The number of benzene rings is 2. The second kappa shape index (κ2) is 10.6. The second-order valence-electron chi connectivity index (χ2n) is 8.70. The van der Waals surface area contributed by atoms with E-state index in [0.717, 1.165) is 43.5 Å². The third-order valence-corrected chi connectivity index (χ3v) is 6.87. The van der Waals surface area contributed by atoms with Crippen LogP contribution in [0, 0.1) is 5.92 Å². The van der Waals surface area contributed by atoms with Crippen LogP contribution < -0.4 is 5.32 Å². The minimum atomic E-state index is 0.138. The van der Waals surface area contributed by atoms with Crippen molar-refractivity contribution in [3.63, 3.8) is 0 Å². The molecule has 0 aromatic heterocycles. The van der Waals surface area contributed by atoms with Crippen molar-refractivity contribution in [2.45, 2.75) is 45.3 Å². The molecule has 4 rings (SSSR count). The molecule has 2 aromatic rings. The number of halogens is 1. The summed E-state index contributed by atoms with van der Waals surface area (Å²) in [7, 11) is 0. The van der Waals surface area contributed by atoms with Gasteiger partial charge in [-0.1, -0.05) is 52.3 Å². The van der Waals surface area contributed by atoms with E-state index in [0.29, 0.717) is 6.54 Å². The number of rotatable bonds is 7. The van der Waals surface area contributed by atoms with Crippen LogP contribution in [0.3, 0.4) is 0 Å². The third-order valence-electron chi connectivity index (χ3n) is 6.34. The molecule has 2 heterocycles. The maximum Gasteiger partial charge on any atom is 0.223 e. The van der Waals surface area contributed by atoms with E-state index >= 15 is 0 Å². The van der Waals surface area contributed by atoms with E-state index in [4.69, 9.17) is 0 Å². The normalized spacial score (nSPS) is 18.6. The van der Waals surface area contributed by atoms with Gasteiger partial charge >= 0.3 is 0 Å². The Kier molecular flexibility index (Phi) is 7.58. The van der Waals surface area contributed by atoms with Gasteiger partial charge in [0.1, 0.15) is 0 Å². The van der Waals surface area contributed by atoms with Gasteiger partial charge in [0, 0.05) is 30.0 Å². The molecule has 0 radical (unpaired) electrons. The first-order chi connectivity index (χ1) is 14.7. The van der Waals surface area contributed by atoms with E-state index in [-0.39, 0.29) is 11.8 Å². The van der Waals surface area contributed by atoms with E-state index < -0.39 is 0 Å². The van der Waals surface area contributed by atoms with Gasteiger partial charge in [-0.15, -0.1) is 0 Å². The largest absolute Gasteiger partial charge is 0.352 e. The highest BCUT2D eigenvalue weighted by atomic mass is 79.9. The molecule has 0 aliphatic carbocycles. The van der Waals surface area contributed by atoms with Crippen molar-refractivity contribution < 1.29 is 4.79 Å². The zero-order chi connectivity index (χ0) is 20.8. The summed E-state index contributed by atoms with van der Waals surface area (Å²) in [6.07, 6.45) is 4.52. The molecule has 2 fully saturated rings. The lowest BCUT2D eigenvalue weighted by molar-refractivity contribution is -0.126. The first kappa shape index (κ1) is 21.5. The number of carbonyl (C=O) groups excluding carboxylic acids is 1. The third kappa shape index (κ3) is 6.16. The molecule has 30 heavy (non-hydrogen) atoms. The number of amides is 1. The maximum atomic E-state index is 12.7. The lowest BCUT2D eigenvalue weighted by atomic mass is 9.95. The van der Waals surface area contributed by atoms with Crippen LogP contribution in [0.4, 0.5) is 0 Å². The smallest absolute Gasteiger partial charge is 0.223 e. The Balaban J connectivity index is 1.21. The lowest BCUT2D eigenvalue weighted by Gasteiger charge is -2.31. The molecule has 2 aliphatic rings. The van der Waals surface area contributed by atoms with E-state index in [2.05, 4.69) is 79.6 Å². The van der Waals surface area contributed by atoms with Gasteiger partial charge in [0.05, 0.1) is 0 Å². The van der Waals surface area contributed by atoms with Crippen LogP contribution in [0.15, 0.2) is 53.0 Å². The molecule has 0 atom stereocenters. The van der Waals surface area contributed by atoms with Crippen LogP contribution in [0.1, 0.15) is 42.4 Å². The summed E-state index contributed by atoms with van der Waals surface area (Å²) in [6, 6.07) is 17.2. The quantitative estimate of drug-likeness (QED) is 0.644. The predicted octanol–water partition coefficient (Wildman–Crippen LogP) is 4.57. The Morgan fingerprint density at radius 1 is 0.867 bits per heavy atom. The molecule has 2 saturated heterocycles. The fraction of sp³-hybridized carbons (Fsp3) is 0.480. The highest BCUT2D eigenvalue weighted by Crippen LogP contribution is 2.20. The first-order valence-corrected chi connectivity index (χ1v) is 12.0. The lowest BCUT2D eigenvalue weighted by Crippen LogP contribution is -2.40. The minimum absolute atomic E-state index is 0.138. The molecule has 0 unspecified atom stereocenters. The van der Waals surface area contributed by atoms with Crippen LogP contribution >= 0.6 is 15.9 Å². The van der Waals surface area contributed by atoms with Crippen molar-refractivity contribution in [2.75, 3.05) is 26.2 Å². The van der Waals surface area contributed by atoms with Gasteiger partial charge in [-0.25, -0.2) is 0 Å². The summed E-state index contributed by atoms with van der Waals surface area (Å²) in [5.74, 6) is 0.349. The zero-order valence-corrected chi connectivity index (χ0v) is 19.2. The molecule has 4 nitrogen and oxygen atoms in total. The molecule has 2 aromatic carbocycles. The summed E-state index contributed by atoms with van der Waals surface area (Å²) in [5.41, 5.74) is 3.88. The minimum Gasteiger partial charge on any atom is -0.352 e. The standard InChI is InChI=1S/C25H32BrN3O/c26-24-8-6-20(7-9-24)18-29-14-10-23(11-15-29)25(30)27-17-21-4-3-5-22(16-21)19-28-12-1-2-13-28/h3-9,16,23H,1-2,10-15,17-19H2,(H,27,30). The SMILES string of the molecule is O=C(NCc1cccc(CN2CCCC2)c1)C1CCN(Cc2ccc(Br)cc2)CC1. The molecule has 0 spiro atoms. The Hall–Kier alpha value is -1.69. The number of nitrogens with zero attached hydrogens (tertiary/aromatic N) is 2. The Morgan fingerprint density at radius 3 is 2.23 bits per heavy atom. The molecule has 1 amide bonds. The van der Waals surface area contributed by atoms with E-state index in [1.807, 2.05) is 0 Å². The zero-order valence-electron chi connectivity index (χ0n) is 17.7. The van der Waals surface area contributed by atoms with Crippen LogP contribution in [-0.2, 0) is 24.4 Å². The number of hydrogen-bond acceptors (Lipinski definition) is 3. The van der Waals surface area contributed by atoms with Gasteiger partial charge in [-0.2, -0.15) is 0 Å². The average molecular weight is 470 g/mol. The van der Waals surface area contributed by atoms with Crippen molar-refractivity contribution >= 4 is 21.8 Å². The molecule has 0 bridgehead atoms. The molecule has 160 valence electrons. The van der Waals surface area contributed by atoms with Crippen LogP contribution in [0.2, 0.25) is 0 Å². The molecule has 0 saturated carbocycles. The van der Waals surface area contributed by atoms with Crippen LogP contribution in [0.5, 0.6) is 0 Å². The van der Waals surface area contributed by atoms with Gasteiger partial charge < -0.3 is 5.32 Å². The van der Waals surface area contributed by atoms with Crippen molar-refractivity contribution in [3.8, 4) is 0 Å². The van der Waals surface area contributed by atoms with Crippen molar-refractivity contribution in [2.24, 2.45) is 5.92 Å². The fourth-order valence-corrected chi connectivity index (χ4v) is 4.84. The Bertz CT molecular complexity index is 825. The van der Waals surface area contributed by atoms with E-state index in [9.17, 15) is 4.79 Å². The van der Waals surface area contributed by atoms with Crippen molar-refractivity contribution in [3.05, 3.63) is 69.7 Å². The van der Waals surface area contributed by atoms with Crippen molar-refractivity contribution in [1.82, 2.24) is 15.1 Å². The molecule has 5 heteroatoms. The van der Waals surface area contributed by atoms with Gasteiger partial charge in [0.2, 0.25) is 5.91 Å². The molecular weight excluding hydrogens is 438 g/mol. The molecule has 1 N–H and O–H groups in total. The molecule has 2 aliphatic heterocycles. The number of hydrogen-bond donors (Lipinski definition) is 1. The predicted molar refractivity (Wildman–Crippen MR) is 125 cm³/mol. The Morgan fingerprint density at radius 2 is 1.50 bits per heavy atom. The average Bonchev–Trinajstić information content (AvgIpc) is 3.27. The topological polar surface area (TPSA) is 35.6 Å². The van der Waals surface area contributed by atoms with Crippen LogP contribution in [-0.4, -0.2) is 41.9 Å². The van der Waals surface area contributed by atoms with Gasteiger partial charge in [-0.3, -0.25) is 14.6 Å². The highest BCUT2D eigenvalue weighted by Gasteiger charge is 2.24. The highest BCUT2D eigenvalue weighted by molar-refractivity contribution is 9.10. The fourth-order valence-electron chi connectivity index (χ4n) is 4.57. The molecular formula is C25H32BrN3O. The summed E-state index contributed by atoms with van der Waals surface area (Å²) in [5, 5.41) is 3.18. The number of nitrogens with one attached hydrogen (secondary N) is 1. The summed E-state index contributed by atoms with van der Waals surface area (Å²) in [6.45, 7) is 7.01.